The summed E-state index contributed by atoms with van der Waals surface area (Å²) in [5, 5.41) is 4.17. The highest BCUT2D eigenvalue weighted by atomic mass is 32.1. The second-order valence-electron chi connectivity index (χ2n) is 4.46. The zero-order valence-corrected chi connectivity index (χ0v) is 13.2. The number of hydrogen-bond donors (Lipinski definition) is 1. The van der Waals surface area contributed by atoms with Crippen molar-refractivity contribution in [1.29, 1.82) is 0 Å². The molecule has 0 aliphatic rings. The maximum atomic E-state index is 12.1. The fourth-order valence-corrected chi connectivity index (χ4v) is 2.74. The predicted molar refractivity (Wildman–Crippen MR) is 86.4 cm³/mol. The van der Waals surface area contributed by atoms with Crippen LogP contribution >= 0.6 is 11.3 Å². The smallest absolute Gasteiger partial charge is 0.275 e. The first-order valence-corrected chi connectivity index (χ1v) is 7.54. The van der Waals surface area contributed by atoms with Crippen molar-refractivity contribution in [3.63, 3.8) is 0 Å². The van der Waals surface area contributed by atoms with Gasteiger partial charge in [-0.1, -0.05) is 19.1 Å². The highest BCUT2D eigenvalue weighted by Gasteiger charge is 2.11. The maximum Gasteiger partial charge on any atom is 0.275 e. The molecule has 0 spiro atoms. The number of rotatable bonds is 5. The molecular formula is C16H18N2O2S. The third kappa shape index (κ3) is 3.70. The first kappa shape index (κ1) is 15.3. The largest absolute Gasteiger partial charge is 0.496 e. The number of nitrogens with one attached hydrogen (secondary N) is 1. The molecule has 110 valence electrons. The van der Waals surface area contributed by atoms with Gasteiger partial charge in [-0.25, -0.2) is 5.43 Å². The van der Waals surface area contributed by atoms with Crippen molar-refractivity contribution < 1.29 is 9.53 Å². The average molecular weight is 302 g/mol. The zero-order valence-electron chi connectivity index (χ0n) is 12.3. The van der Waals surface area contributed by atoms with E-state index >= 15 is 0 Å². The van der Waals surface area contributed by atoms with Crippen LogP contribution in [0.4, 0.5) is 0 Å². The predicted octanol–water partition coefficient (Wildman–Crippen LogP) is 3.47. The summed E-state index contributed by atoms with van der Waals surface area (Å²) in [4.78, 5) is 14.5. The number of hydrazone groups is 1. The summed E-state index contributed by atoms with van der Waals surface area (Å²) < 4.78 is 5.17. The van der Waals surface area contributed by atoms with Crippen molar-refractivity contribution in [1.82, 2.24) is 5.43 Å². The highest BCUT2D eigenvalue weighted by molar-refractivity contribution is 7.14. The molecule has 1 aromatic carbocycles. The number of carbonyl (C=O) groups is 1. The highest BCUT2D eigenvalue weighted by Crippen LogP contribution is 2.18. The number of amides is 1. The van der Waals surface area contributed by atoms with Crippen LogP contribution in [0.3, 0.4) is 0 Å². The molecule has 0 atom stereocenters. The molecule has 0 bridgehead atoms. The number of methoxy groups -OCH3 is 1. The van der Waals surface area contributed by atoms with E-state index in [1.165, 1.54) is 4.88 Å². The first-order chi connectivity index (χ1) is 10.2. The quantitative estimate of drug-likeness (QED) is 0.679. The fourth-order valence-electron chi connectivity index (χ4n) is 1.84. The van der Waals surface area contributed by atoms with Crippen LogP contribution in [0.25, 0.3) is 0 Å². The number of para-hydroxylation sites is 1. The summed E-state index contributed by atoms with van der Waals surface area (Å²) in [6.07, 6.45) is 1.01. The van der Waals surface area contributed by atoms with E-state index in [0.717, 1.165) is 17.0 Å². The molecule has 0 aliphatic carbocycles. The lowest BCUT2D eigenvalue weighted by Gasteiger charge is -2.06. The summed E-state index contributed by atoms with van der Waals surface area (Å²) in [6.45, 7) is 4.00. The Bertz CT molecular complexity index is 662. The molecule has 5 heteroatoms. The number of nitrogens with zero attached hydrogens (tertiary/aromatic N) is 1. The number of hydrogen-bond acceptors (Lipinski definition) is 4. The van der Waals surface area contributed by atoms with Crippen molar-refractivity contribution in [2.24, 2.45) is 5.10 Å². The van der Waals surface area contributed by atoms with Crippen LogP contribution in [-0.4, -0.2) is 18.7 Å². The summed E-state index contributed by atoms with van der Waals surface area (Å²) >= 11 is 1.69. The summed E-state index contributed by atoms with van der Waals surface area (Å²) in [5.74, 6) is 0.256. The summed E-state index contributed by atoms with van der Waals surface area (Å²) in [5.41, 5.74) is 3.84. The Labute approximate surface area is 128 Å². The van der Waals surface area contributed by atoms with E-state index in [4.69, 9.17) is 4.74 Å². The molecule has 0 fully saturated rings. The van der Waals surface area contributed by atoms with Crippen LogP contribution in [0.5, 0.6) is 5.75 Å². The SMILES string of the molecule is CCc1ccc(/C(C)=N/NC(=O)c2ccccc2OC)s1. The standard InChI is InChI=1S/C16H18N2O2S/c1-4-12-9-10-15(21-12)11(2)17-18-16(19)13-7-5-6-8-14(13)20-3/h5-10H,4H2,1-3H3,(H,18,19)/b17-11+. The van der Waals surface area contributed by atoms with Crippen LogP contribution in [-0.2, 0) is 6.42 Å². The van der Waals surface area contributed by atoms with Crippen molar-refractivity contribution in [2.75, 3.05) is 7.11 Å². The van der Waals surface area contributed by atoms with Crippen molar-refractivity contribution in [3.8, 4) is 5.75 Å². The minimum Gasteiger partial charge on any atom is -0.496 e. The Morgan fingerprint density at radius 2 is 2.05 bits per heavy atom. The van der Waals surface area contributed by atoms with Crippen molar-refractivity contribution in [2.45, 2.75) is 20.3 Å². The molecule has 1 amide bonds. The van der Waals surface area contributed by atoms with Crippen molar-refractivity contribution >= 4 is 23.0 Å². The van der Waals surface area contributed by atoms with Gasteiger partial charge in [0.2, 0.25) is 0 Å². The Kier molecular flexibility index (Phi) is 5.11. The molecule has 1 N–H and O–H groups in total. The van der Waals surface area contributed by atoms with E-state index in [9.17, 15) is 4.79 Å². The van der Waals surface area contributed by atoms with Gasteiger partial charge in [0.15, 0.2) is 0 Å². The van der Waals surface area contributed by atoms with Gasteiger partial charge in [0.25, 0.3) is 5.91 Å². The Morgan fingerprint density at radius 1 is 1.29 bits per heavy atom. The van der Waals surface area contributed by atoms with Gasteiger partial charge in [-0.2, -0.15) is 5.10 Å². The van der Waals surface area contributed by atoms with Gasteiger partial charge in [-0.3, -0.25) is 4.79 Å². The average Bonchev–Trinajstić information content (AvgIpc) is 3.01. The van der Waals surface area contributed by atoms with Gasteiger partial charge in [-0.15, -0.1) is 11.3 Å². The van der Waals surface area contributed by atoms with Crippen molar-refractivity contribution in [3.05, 3.63) is 51.7 Å². The lowest BCUT2D eigenvalue weighted by molar-refractivity contribution is 0.0952. The summed E-state index contributed by atoms with van der Waals surface area (Å²) in [7, 11) is 1.54. The second-order valence-corrected chi connectivity index (χ2v) is 5.63. The topological polar surface area (TPSA) is 50.7 Å². The minimum atomic E-state index is -0.279. The Hall–Kier alpha value is -2.14. The van der Waals surface area contributed by atoms with Crippen LogP contribution in [0, 0.1) is 0 Å². The molecule has 0 unspecified atom stereocenters. The number of benzene rings is 1. The van der Waals surface area contributed by atoms with E-state index in [2.05, 4.69) is 23.5 Å². The minimum absolute atomic E-state index is 0.279. The number of thiophene rings is 1. The van der Waals surface area contributed by atoms with E-state index in [-0.39, 0.29) is 5.91 Å². The monoisotopic (exact) mass is 302 g/mol. The third-order valence-corrected chi connectivity index (χ3v) is 4.38. The van der Waals surface area contributed by atoms with E-state index in [0.29, 0.717) is 11.3 Å². The third-order valence-electron chi connectivity index (χ3n) is 3.04. The maximum absolute atomic E-state index is 12.1. The van der Waals surface area contributed by atoms with Crippen LogP contribution < -0.4 is 10.2 Å². The Balaban J connectivity index is 2.10. The van der Waals surface area contributed by atoms with Crippen LogP contribution in [0.1, 0.15) is 34.0 Å². The molecule has 2 rings (SSSR count). The van der Waals surface area contributed by atoms with Gasteiger partial charge >= 0.3 is 0 Å². The molecule has 0 aliphatic heterocycles. The molecule has 4 nitrogen and oxygen atoms in total. The zero-order chi connectivity index (χ0) is 15.2. The molecule has 21 heavy (non-hydrogen) atoms. The second kappa shape index (κ2) is 7.04. The van der Waals surface area contributed by atoms with Crippen LogP contribution in [0.2, 0.25) is 0 Å². The molecule has 0 radical (unpaired) electrons. The van der Waals surface area contributed by atoms with Gasteiger partial charge in [0.05, 0.1) is 23.3 Å². The molecule has 0 saturated carbocycles. The van der Waals surface area contributed by atoms with E-state index in [1.807, 2.05) is 19.1 Å². The Morgan fingerprint density at radius 3 is 2.71 bits per heavy atom. The fraction of sp³-hybridized carbons (Fsp3) is 0.250. The first-order valence-electron chi connectivity index (χ1n) is 6.72. The van der Waals surface area contributed by atoms with Gasteiger partial charge in [-0.05, 0) is 37.6 Å². The summed E-state index contributed by atoms with van der Waals surface area (Å²) in [6, 6.07) is 11.2. The number of aryl methyl sites for hydroxylation is 1. The van der Waals surface area contributed by atoms with Gasteiger partial charge < -0.3 is 4.74 Å². The van der Waals surface area contributed by atoms with E-state index < -0.39 is 0 Å². The number of ether oxygens (including phenoxy) is 1. The number of carbonyl (C=O) groups excluding carboxylic acids is 1. The molecule has 1 aromatic heterocycles. The molecular weight excluding hydrogens is 284 g/mol. The lowest BCUT2D eigenvalue weighted by Crippen LogP contribution is -2.19. The van der Waals surface area contributed by atoms with E-state index in [1.54, 1.807) is 36.6 Å². The lowest BCUT2D eigenvalue weighted by atomic mass is 10.2. The molecule has 0 saturated heterocycles. The van der Waals surface area contributed by atoms with Crippen LogP contribution in [0.15, 0.2) is 41.5 Å². The molecule has 1 heterocycles. The normalized spacial score (nSPS) is 11.3. The van der Waals surface area contributed by atoms with Gasteiger partial charge in [0.1, 0.15) is 5.75 Å². The molecule has 2 aromatic rings. The van der Waals surface area contributed by atoms with Gasteiger partial charge in [0, 0.05) is 4.88 Å².